The number of nitrogens with zero attached hydrogens (tertiary/aromatic N) is 2. The molecule has 0 bridgehead atoms. The average molecular weight is 262 g/mol. The van der Waals surface area contributed by atoms with Crippen molar-refractivity contribution in [2.75, 3.05) is 13.2 Å². The highest BCUT2D eigenvalue weighted by molar-refractivity contribution is 5.76. The molecule has 1 aromatic carbocycles. The number of carbonyl (C=O) groups is 1. The number of imidazole rings is 1. The molecule has 0 fully saturated rings. The maximum atomic E-state index is 10.3. The van der Waals surface area contributed by atoms with Gasteiger partial charge in [-0.15, -0.1) is 0 Å². The van der Waals surface area contributed by atoms with E-state index in [0.717, 1.165) is 16.6 Å². The molecule has 0 atom stereocenters. The molecule has 5 heteroatoms. The molecule has 0 aliphatic rings. The average Bonchev–Trinajstić information content (AvgIpc) is 2.77. The van der Waals surface area contributed by atoms with Crippen molar-refractivity contribution in [3.05, 3.63) is 30.1 Å². The summed E-state index contributed by atoms with van der Waals surface area (Å²) in [6, 6.07) is 6.50. The molecule has 102 valence electrons. The van der Waals surface area contributed by atoms with E-state index in [1.54, 1.807) is 0 Å². The van der Waals surface area contributed by atoms with Crippen LogP contribution in [0.15, 0.2) is 24.5 Å². The lowest BCUT2D eigenvalue weighted by Gasteiger charge is -2.08. The summed E-state index contributed by atoms with van der Waals surface area (Å²) < 4.78 is 7.15. The third-order valence-electron chi connectivity index (χ3n) is 2.96. The predicted molar refractivity (Wildman–Crippen MR) is 72.3 cm³/mol. The topological polar surface area (TPSA) is 64.4 Å². The number of carboxylic acids is 1. The number of fused-ring (bicyclic) bond motifs is 1. The van der Waals surface area contributed by atoms with Crippen molar-refractivity contribution >= 4 is 17.0 Å². The van der Waals surface area contributed by atoms with Crippen LogP contribution in [0.5, 0.6) is 0 Å². The normalized spacial score (nSPS) is 11.3. The first kappa shape index (κ1) is 13.5. The first-order valence-electron chi connectivity index (χ1n) is 6.33. The van der Waals surface area contributed by atoms with Crippen molar-refractivity contribution in [2.24, 2.45) is 0 Å². The fraction of sp³-hybridized carbons (Fsp3) is 0.429. The van der Waals surface area contributed by atoms with E-state index in [1.165, 1.54) is 0 Å². The molecule has 0 unspecified atom stereocenters. The summed E-state index contributed by atoms with van der Waals surface area (Å²) in [5.74, 6) is -0.939. The van der Waals surface area contributed by atoms with Crippen LogP contribution >= 0.6 is 0 Å². The van der Waals surface area contributed by atoms with Gasteiger partial charge in [-0.2, -0.15) is 0 Å². The molecule has 0 aliphatic carbocycles. The smallest absolute Gasteiger partial charge is 0.329 e. The number of carboxylic acid groups (broad SMARTS) is 1. The quantitative estimate of drug-likeness (QED) is 0.811. The van der Waals surface area contributed by atoms with Gasteiger partial charge in [0.05, 0.1) is 24.0 Å². The minimum Gasteiger partial charge on any atom is -0.480 e. The number of rotatable bonds is 6. The molecule has 1 aromatic heterocycles. The molecule has 0 saturated carbocycles. The second-order valence-corrected chi connectivity index (χ2v) is 4.76. The first-order chi connectivity index (χ1) is 9.08. The van der Waals surface area contributed by atoms with Crippen LogP contribution in [0.2, 0.25) is 0 Å². The van der Waals surface area contributed by atoms with E-state index < -0.39 is 5.97 Å². The van der Waals surface area contributed by atoms with E-state index in [0.29, 0.717) is 19.1 Å². The number of ether oxygens (including phenoxy) is 1. The van der Waals surface area contributed by atoms with E-state index in [2.05, 4.69) is 29.5 Å². The van der Waals surface area contributed by atoms with E-state index in [-0.39, 0.29) is 6.61 Å². The van der Waals surface area contributed by atoms with Gasteiger partial charge >= 0.3 is 5.97 Å². The minimum absolute atomic E-state index is 0.246. The zero-order valence-corrected chi connectivity index (χ0v) is 11.2. The van der Waals surface area contributed by atoms with E-state index in [1.807, 2.05) is 18.5 Å². The lowest BCUT2D eigenvalue weighted by molar-refractivity contribution is -0.142. The van der Waals surface area contributed by atoms with Crippen LogP contribution < -0.4 is 0 Å². The molecule has 0 saturated heterocycles. The van der Waals surface area contributed by atoms with Crippen molar-refractivity contribution in [3.63, 3.8) is 0 Å². The van der Waals surface area contributed by atoms with Gasteiger partial charge in [0.15, 0.2) is 0 Å². The number of aromatic nitrogens is 2. The van der Waals surface area contributed by atoms with Crippen molar-refractivity contribution in [1.82, 2.24) is 9.55 Å². The fourth-order valence-corrected chi connectivity index (χ4v) is 1.99. The Balaban J connectivity index is 2.04. The van der Waals surface area contributed by atoms with Gasteiger partial charge < -0.3 is 14.4 Å². The van der Waals surface area contributed by atoms with Crippen LogP contribution in [-0.4, -0.2) is 33.8 Å². The summed E-state index contributed by atoms with van der Waals surface area (Å²) in [5.41, 5.74) is 3.18. The molecule has 0 amide bonds. The Bertz CT molecular complexity index is 575. The second-order valence-electron chi connectivity index (χ2n) is 4.76. The van der Waals surface area contributed by atoms with E-state index in [9.17, 15) is 4.79 Å². The molecule has 0 spiro atoms. The summed E-state index contributed by atoms with van der Waals surface area (Å²) in [6.45, 7) is 4.40. The zero-order chi connectivity index (χ0) is 13.8. The third-order valence-corrected chi connectivity index (χ3v) is 2.96. The largest absolute Gasteiger partial charge is 0.480 e. The third kappa shape index (κ3) is 3.32. The minimum atomic E-state index is -0.939. The van der Waals surface area contributed by atoms with Crippen LogP contribution in [-0.2, 0) is 16.0 Å². The van der Waals surface area contributed by atoms with Crippen molar-refractivity contribution in [3.8, 4) is 0 Å². The highest BCUT2D eigenvalue weighted by Gasteiger charge is 2.06. The summed E-state index contributed by atoms with van der Waals surface area (Å²) in [4.78, 5) is 14.7. The maximum absolute atomic E-state index is 10.3. The van der Waals surface area contributed by atoms with Crippen molar-refractivity contribution < 1.29 is 14.6 Å². The lowest BCUT2D eigenvalue weighted by Crippen LogP contribution is -2.09. The van der Waals surface area contributed by atoms with E-state index in [4.69, 9.17) is 9.84 Å². The molecule has 2 rings (SSSR count). The Morgan fingerprint density at radius 2 is 2.26 bits per heavy atom. The monoisotopic (exact) mass is 262 g/mol. The summed E-state index contributed by atoms with van der Waals surface area (Å²) in [7, 11) is 0. The van der Waals surface area contributed by atoms with Gasteiger partial charge in [-0.05, 0) is 38.0 Å². The Kier molecular flexibility index (Phi) is 4.16. The predicted octanol–water partition coefficient (Wildman–Crippen LogP) is 2.26. The molecule has 0 aliphatic heterocycles. The Morgan fingerprint density at radius 3 is 2.95 bits per heavy atom. The van der Waals surface area contributed by atoms with Crippen molar-refractivity contribution in [1.29, 1.82) is 0 Å². The Labute approximate surface area is 111 Å². The number of aliphatic carboxylic acids is 1. The molecule has 0 radical (unpaired) electrons. The van der Waals surface area contributed by atoms with Crippen LogP contribution in [0.3, 0.4) is 0 Å². The molecular weight excluding hydrogens is 244 g/mol. The Hall–Kier alpha value is -1.88. The maximum Gasteiger partial charge on any atom is 0.329 e. The number of hydrogen-bond acceptors (Lipinski definition) is 3. The molecule has 1 heterocycles. The number of benzene rings is 1. The lowest BCUT2D eigenvalue weighted by atomic mass is 10.1. The highest BCUT2D eigenvalue weighted by Crippen LogP contribution is 2.19. The van der Waals surface area contributed by atoms with Gasteiger partial charge in [-0.1, -0.05) is 6.07 Å². The summed E-state index contributed by atoms with van der Waals surface area (Å²) in [5, 5.41) is 8.47. The van der Waals surface area contributed by atoms with Crippen LogP contribution in [0, 0.1) is 0 Å². The Morgan fingerprint density at radius 1 is 1.47 bits per heavy atom. The fourth-order valence-electron chi connectivity index (χ4n) is 1.99. The second kappa shape index (κ2) is 5.84. The summed E-state index contributed by atoms with van der Waals surface area (Å²) in [6.07, 6.45) is 2.54. The number of hydrogen-bond donors (Lipinski definition) is 1. The van der Waals surface area contributed by atoms with Gasteiger partial charge in [0.1, 0.15) is 6.61 Å². The zero-order valence-electron chi connectivity index (χ0n) is 11.2. The summed E-state index contributed by atoms with van der Waals surface area (Å²) >= 11 is 0. The van der Waals surface area contributed by atoms with Gasteiger partial charge in [0.25, 0.3) is 0 Å². The van der Waals surface area contributed by atoms with Crippen LogP contribution in [0.1, 0.15) is 25.5 Å². The van der Waals surface area contributed by atoms with Crippen molar-refractivity contribution in [2.45, 2.75) is 26.3 Å². The first-order valence-corrected chi connectivity index (χ1v) is 6.33. The molecule has 5 nitrogen and oxygen atoms in total. The van der Waals surface area contributed by atoms with Gasteiger partial charge in [0.2, 0.25) is 0 Å². The van der Waals surface area contributed by atoms with Crippen LogP contribution in [0.4, 0.5) is 0 Å². The van der Waals surface area contributed by atoms with E-state index >= 15 is 0 Å². The molecule has 1 N–H and O–H groups in total. The molecular formula is C14H18N2O3. The van der Waals surface area contributed by atoms with Crippen LogP contribution in [0.25, 0.3) is 11.0 Å². The van der Waals surface area contributed by atoms with Gasteiger partial charge in [0, 0.05) is 6.04 Å². The molecule has 19 heavy (non-hydrogen) atoms. The standard InChI is InChI=1S/C14H18N2O3/c1-10(2)16-9-15-12-7-11(3-4-13(12)16)5-6-19-8-14(17)18/h3-4,7,9-10H,5-6,8H2,1-2H3,(H,17,18). The molecule has 2 aromatic rings. The highest BCUT2D eigenvalue weighted by atomic mass is 16.5. The van der Waals surface area contributed by atoms with Gasteiger partial charge in [-0.25, -0.2) is 9.78 Å². The SMILES string of the molecule is CC(C)n1cnc2cc(CCOCC(=O)O)ccc21. The van der Waals surface area contributed by atoms with Gasteiger partial charge in [-0.3, -0.25) is 0 Å².